The molecule has 3 N–H and O–H groups in total. The Kier molecular flexibility index (Phi) is 4.81. The van der Waals surface area contributed by atoms with Gasteiger partial charge < -0.3 is 15.8 Å². The fourth-order valence-electron chi connectivity index (χ4n) is 2.22. The van der Waals surface area contributed by atoms with Gasteiger partial charge in [0, 0.05) is 22.8 Å². The number of nitro benzene ring substituents is 1. The van der Waals surface area contributed by atoms with Crippen LogP contribution in [0.3, 0.4) is 0 Å². The molecule has 0 spiro atoms. The van der Waals surface area contributed by atoms with Gasteiger partial charge in [0.2, 0.25) is 11.9 Å². The van der Waals surface area contributed by atoms with Gasteiger partial charge >= 0.3 is 0 Å². The molecule has 9 nitrogen and oxygen atoms in total. The number of aromatic nitrogens is 3. The zero-order chi connectivity index (χ0) is 18.7. The number of ether oxygens (including phenoxy) is 1. The van der Waals surface area contributed by atoms with Gasteiger partial charge in [-0.15, -0.1) is 0 Å². The first-order valence-corrected chi connectivity index (χ1v) is 7.71. The maximum Gasteiger partial charge on any atom is 0.269 e. The summed E-state index contributed by atoms with van der Waals surface area (Å²) < 4.78 is 5.30. The van der Waals surface area contributed by atoms with E-state index in [0.717, 1.165) is 0 Å². The zero-order valence-electron chi connectivity index (χ0n) is 13.5. The fourth-order valence-corrected chi connectivity index (χ4v) is 2.39. The van der Waals surface area contributed by atoms with Crippen LogP contribution in [0.2, 0.25) is 5.02 Å². The molecule has 0 saturated heterocycles. The summed E-state index contributed by atoms with van der Waals surface area (Å²) in [6.07, 6.45) is 0. The molecule has 3 rings (SSSR count). The van der Waals surface area contributed by atoms with Gasteiger partial charge in [-0.25, -0.2) is 0 Å². The van der Waals surface area contributed by atoms with Crippen molar-refractivity contribution in [3.05, 3.63) is 57.6 Å². The Morgan fingerprint density at radius 1 is 1.15 bits per heavy atom. The van der Waals surface area contributed by atoms with Crippen LogP contribution in [0.15, 0.2) is 42.5 Å². The predicted octanol–water partition coefficient (Wildman–Crippen LogP) is 3.43. The lowest BCUT2D eigenvalue weighted by Crippen LogP contribution is -2.05. The first-order valence-electron chi connectivity index (χ1n) is 7.33. The van der Waals surface area contributed by atoms with Crippen LogP contribution in [-0.4, -0.2) is 27.0 Å². The number of hydrogen-bond donors (Lipinski definition) is 2. The van der Waals surface area contributed by atoms with E-state index in [0.29, 0.717) is 22.0 Å². The highest BCUT2D eigenvalue weighted by Gasteiger charge is 2.13. The molecule has 1 heterocycles. The molecule has 0 unspecified atom stereocenters. The van der Waals surface area contributed by atoms with Crippen molar-refractivity contribution in [1.29, 1.82) is 0 Å². The number of anilines is 3. The topological polar surface area (TPSA) is 129 Å². The molecule has 0 saturated carbocycles. The average Bonchev–Trinajstić information content (AvgIpc) is 2.61. The normalized spacial score (nSPS) is 10.4. The van der Waals surface area contributed by atoms with Crippen LogP contribution in [0.1, 0.15) is 0 Å². The molecule has 0 amide bonds. The van der Waals surface area contributed by atoms with Crippen LogP contribution in [-0.2, 0) is 0 Å². The maximum atomic E-state index is 10.7. The number of nitro groups is 1. The Hall–Kier alpha value is -3.46. The Labute approximate surface area is 153 Å². The lowest BCUT2D eigenvalue weighted by Gasteiger charge is -2.10. The minimum atomic E-state index is -0.478. The molecule has 0 radical (unpaired) electrons. The van der Waals surface area contributed by atoms with Gasteiger partial charge in [-0.3, -0.25) is 10.1 Å². The second-order valence-electron chi connectivity index (χ2n) is 5.11. The van der Waals surface area contributed by atoms with E-state index in [1.165, 1.54) is 31.4 Å². The number of nitrogens with one attached hydrogen (secondary N) is 1. The van der Waals surface area contributed by atoms with Crippen molar-refractivity contribution in [2.75, 3.05) is 18.2 Å². The van der Waals surface area contributed by atoms with Crippen LogP contribution in [0, 0.1) is 10.1 Å². The van der Waals surface area contributed by atoms with Crippen LogP contribution in [0.25, 0.3) is 11.4 Å². The van der Waals surface area contributed by atoms with Crippen molar-refractivity contribution < 1.29 is 9.66 Å². The Morgan fingerprint density at radius 3 is 2.54 bits per heavy atom. The smallest absolute Gasteiger partial charge is 0.269 e. The summed E-state index contributed by atoms with van der Waals surface area (Å²) in [4.78, 5) is 22.7. The number of nitrogens with two attached hydrogens (primary N) is 1. The lowest BCUT2D eigenvalue weighted by atomic mass is 10.2. The third kappa shape index (κ3) is 3.78. The van der Waals surface area contributed by atoms with E-state index in [2.05, 4.69) is 20.3 Å². The van der Waals surface area contributed by atoms with Gasteiger partial charge in [-0.1, -0.05) is 11.6 Å². The van der Waals surface area contributed by atoms with Gasteiger partial charge in [0.25, 0.3) is 5.69 Å². The van der Waals surface area contributed by atoms with E-state index in [4.69, 9.17) is 22.1 Å². The van der Waals surface area contributed by atoms with Crippen LogP contribution >= 0.6 is 11.6 Å². The molecule has 2 aromatic carbocycles. The maximum absolute atomic E-state index is 10.7. The lowest BCUT2D eigenvalue weighted by molar-refractivity contribution is -0.384. The monoisotopic (exact) mass is 372 g/mol. The summed E-state index contributed by atoms with van der Waals surface area (Å²) in [5.74, 6) is 0.993. The largest absolute Gasteiger partial charge is 0.496 e. The standard InChI is InChI=1S/C16H13ClN6O3/c1-26-13-7-2-9(17)8-12(13)14-20-15(18)22-16(21-14)19-10-3-5-11(6-4-10)23(24)25/h2-8H,1H3,(H3,18,19,20,21,22). The SMILES string of the molecule is COc1ccc(Cl)cc1-c1nc(N)nc(Nc2ccc([N+](=O)[O-])cc2)n1. The van der Waals surface area contributed by atoms with Crippen LogP contribution < -0.4 is 15.8 Å². The van der Waals surface area contributed by atoms with Gasteiger partial charge in [-0.05, 0) is 30.3 Å². The number of nitrogens with zero attached hydrogens (tertiary/aromatic N) is 4. The second-order valence-corrected chi connectivity index (χ2v) is 5.55. The van der Waals surface area contributed by atoms with Crippen molar-refractivity contribution in [2.24, 2.45) is 0 Å². The van der Waals surface area contributed by atoms with Crippen molar-refractivity contribution in [3.8, 4) is 17.1 Å². The predicted molar refractivity (Wildman–Crippen MR) is 97.6 cm³/mol. The molecule has 10 heteroatoms. The first kappa shape index (κ1) is 17.4. The van der Waals surface area contributed by atoms with Gasteiger partial charge in [0.15, 0.2) is 5.82 Å². The van der Waals surface area contributed by atoms with E-state index in [-0.39, 0.29) is 23.4 Å². The zero-order valence-corrected chi connectivity index (χ0v) is 14.3. The number of non-ortho nitro benzene ring substituents is 1. The van der Waals surface area contributed by atoms with Gasteiger partial charge in [0.05, 0.1) is 17.6 Å². The molecule has 0 aliphatic carbocycles. The minimum Gasteiger partial charge on any atom is -0.496 e. The summed E-state index contributed by atoms with van der Waals surface area (Å²) in [6, 6.07) is 10.9. The molecular weight excluding hydrogens is 360 g/mol. The number of benzene rings is 2. The quantitative estimate of drug-likeness (QED) is 0.514. The fraction of sp³-hybridized carbons (Fsp3) is 0.0625. The minimum absolute atomic E-state index is 0.00133. The number of nitrogen functional groups attached to an aromatic ring is 1. The van der Waals surface area contributed by atoms with E-state index in [9.17, 15) is 10.1 Å². The first-order chi connectivity index (χ1) is 12.5. The number of hydrogen-bond acceptors (Lipinski definition) is 8. The van der Waals surface area contributed by atoms with Gasteiger partial charge in [-0.2, -0.15) is 15.0 Å². The summed E-state index contributed by atoms with van der Waals surface area (Å²) in [6.45, 7) is 0. The highest BCUT2D eigenvalue weighted by molar-refractivity contribution is 6.30. The highest BCUT2D eigenvalue weighted by Crippen LogP contribution is 2.31. The highest BCUT2D eigenvalue weighted by atomic mass is 35.5. The van der Waals surface area contributed by atoms with Gasteiger partial charge in [0.1, 0.15) is 5.75 Å². The number of halogens is 1. The average molecular weight is 373 g/mol. The Morgan fingerprint density at radius 2 is 1.88 bits per heavy atom. The molecule has 0 atom stereocenters. The molecule has 0 aliphatic rings. The third-order valence-electron chi connectivity index (χ3n) is 3.39. The number of methoxy groups -OCH3 is 1. The molecule has 132 valence electrons. The van der Waals surface area contributed by atoms with Crippen molar-refractivity contribution in [1.82, 2.24) is 15.0 Å². The molecule has 0 bridgehead atoms. The van der Waals surface area contributed by atoms with Crippen LogP contribution in [0.4, 0.5) is 23.3 Å². The molecule has 26 heavy (non-hydrogen) atoms. The second kappa shape index (κ2) is 7.19. The molecule has 0 fully saturated rings. The molecule has 3 aromatic rings. The molecule has 0 aliphatic heterocycles. The van der Waals surface area contributed by atoms with E-state index in [1.807, 2.05) is 0 Å². The molecular formula is C16H13ClN6O3. The van der Waals surface area contributed by atoms with Crippen molar-refractivity contribution >= 4 is 34.9 Å². The van der Waals surface area contributed by atoms with E-state index in [1.54, 1.807) is 18.2 Å². The van der Waals surface area contributed by atoms with E-state index < -0.39 is 4.92 Å². The van der Waals surface area contributed by atoms with Crippen LogP contribution in [0.5, 0.6) is 5.75 Å². The number of rotatable bonds is 5. The third-order valence-corrected chi connectivity index (χ3v) is 3.62. The Bertz CT molecular complexity index is 965. The summed E-state index contributed by atoms with van der Waals surface area (Å²) in [5, 5.41) is 14.1. The van der Waals surface area contributed by atoms with Crippen molar-refractivity contribution in [2.45, 2.75) is 0 Å². The summed E-state index contributed by atoms with van der Waals surface area (Å²) in [7, 11) is 1.52. The van der Waals surface area contributed by atoms with Crippen molar-refractivity contribution in [3.63, 3.8) is 0 Å². The van der Waals surface area contributed by atoms with E-state index >= 15 is 0 Å². The summed E-state index contributed by atoms with van der Waals surface area (Å²) >= 11 is 6.04. The summed E-state index contributed by atoms with van der Waals surface area (Å²) in [5.41, 5.74) is 6.88. The molecule has 1 aromatic heterocycles. The Balaban J connectivity index is 1.95.